The molecule has 0 fully saturated rings. The van der Waals surface area contributed by atoms with E-state index in [1.54, 1.807) is 0 Å². The molecule has 17 aromatic carbocycles. The number of aromatic nitrogens is 2. The first kappa shape index (κ1) is 71.3. The lowest BCUT2D eigenvalue weighted by atomic mass is 10.0. The first-order valence-corrected chi connectivity index (χ1v) is 40.1. The van der Waals surface area contributed by atoms with Crippen LogP contribution < -0.4 is 15.5 Å². The van der Waals surface area contributed by atoms with Gasteiger partial charge in [0.15, 0.2) is 0 Å². The van der Waals surface area contributed by atoms with Crippen LogP contribution in [0.25, 0.3) is 120 Å². The number of thiophene rings is 1. The molecule has 0 aliphatic rings. The summed E-state index contributed by atoms with van der Waals surface area (Å²) < 4.78 is 10.6. The standard InChI is InChI=1S/C42H29BrN2.C24H15Br2N.C18H13NS.C18H15N/c43-34-26-33(32-22-25-40-39-18-10-11-19-41(39)45(42(40)28-32)36-16-8-3-9-17-36)27-38(29-34)44(35-14-6-2-7-15-35)37-23-20-31(21-24-37)30-12-4-1-5-13-30;25-18-12-17(13-19(26)15-18)16-10-11-22-21-8-4-5-9-23(21)27(24(22)14-16)20-6-2-1-3-7-20;1-2-6-13(7-3-1)19-14-10-11-18-16(12-14)15-8-4-5-9-17(15)20-18;1-3-7-15(8-4-1)16-11-13-18(14-12-16)19-17-9-5-2-6-10-17/h1-29H;1-15H;1-12,19H;1-14,19H. The Morgan fingerprint density at radius 2 is 0.559 bits per heavy atom. The molecule has 0 saturated heterocycles. The predicted octanol–water partition coefficient (Wildman–Crippen LogP) is 31.2. The van der Waals surface area contributed by atoms with Crippen LogP contribution in [0.15, 0.2) is 438 Å². The second-order valence-corrected chi connectivity index (χ2v) is 30.8. The smallest absolute Gasteiger partial charge is 0.0547 e. The number of rotatable bonds is 13. The third kappa shape index (κ3) is 16.0. The number of anilines is 7. The molecule has 20 rings (SSSR count). The first-order chi connectivity index (χ1) is 54.7. The van der Waals surface area contributed by atoms with Gasteiger partial charge in [-0.2, -0.15) is 0 Å². The summed E-state index contributed by atoms with van der Waals surface area (Å²) in [6.07, 6.45) is 0. The highest BCUT2D eigenvalue weighted by molar-refractivity contribution is 9.11. The van der Waals surface area contributed by atoms with Crippen molar-refractivity contribution in [2.24, 2.45) is 0 Å². The second-order valence-electron chi connectivity index (χ2n) is 27.0. The molecule has 0 aliphatic heterocycles. The SMILES string of the molecule is Brc1cc(-c2ccc3c4ccccc4n(-c4ccccc4)c3c2)cc(N(c2ccccc2)c2ccc(-c3ccccc3)cc2)c1.Brc1cc(Br)cc(-c2ccc3c4ccccc4n(-c4ccccc4)c3c2)c1.c1ccc(Nc2ccc(-c3ccccc3)cc2)cc1.c1ccc(Nc2ccc3sc4ccccc4c3c2)cc1. The molecule has 111 heavy (non-hydrogen) atoms. The number of nitrogens with one attached hydrogen (secondary N) is 2. The van der Waals surface area contributed by atoms with Gasteiger partial charge < -0.3 is 24.7 Å². The van der Waals surface area contributed by atoms with Crippen LogP contribution in [0.4, 0.5) is 39.8 Å². The molecule has 2 N–H and O–H groups in total. The van der Waals surface area contributed by atoms with E-state index in [9.17, 15) is 0 Å². The van der Waals surface area contributed by atoms with Crippen molar-refractivity contribution in [3.05, 3.63) is 438 Å². The van der Waals surface area contributed by atoms with E-state index in [0.29, 0.717) is 0 Å². The predicted molar refractivity (Wildman–Crippen MR) is 486 cm³/mol. The quantitative estimate of drug-likeness (QED) is 0.121. The minimum Gasteiger partial charge on any atom is -0.356 e. The lowest BCUT2D eigenvalue weighted by molar-refractivity contribution is 1.18. The lowest BCUT2D eigenvalue weighted by Crippen LogP contribution is -2.10. The first-order valence-electron chi connectivity index (χ1n) is 36.9. The Hall–Kier alpha value is -12.6. The third-order valence-electron chi connectivity index (χ3n) is 19.8. The third-order valence-corrected chi connectivity index (χ3v) is 22.3. The van der Waals surface area contributed by atoms with Crippen LogP contribution in [0.5, 0.6) is 0 Å². The van der Waals surface area contributed by atoms with E-state index in [1.807, 2.05) is 53.8 Å². The van der Waals surface area contributed by atoms with Gasteiger partial charge in [0.25, 0.3) is 0 Å². The van der Waals surface area contributed by atoms with Gasteiger partial charge in [-0.1, -0.05) is 303 Å². The van der Waals surface area contributed by atoms with Gasteiger partial charge in [0.2, 0.25) is 0 Å². The molecule has 0 unspecified atom stereocenters. The maximum absolute atomic E-state index is 3.86. The van der Waals surface area contributed by atoms with E-state index < -0.39 is 0 Å². The van der Waals surface area contributed by atoms with Crippen LogP contribution in [0.3, 0.4) is 0 Å². The minimum atomic E-state index is 1.03. The van der Waals surface area contributed by atoms with E-state index in [2.05, 4.69) is 455 Å². The molecule has 0 atom stereocenters. The highest BCUT2D eigenvalue weighted by Crippen LogP contribution is 2.43. The molecule has 0 amide bonds. The Labute approximate surface area is 675 Å². The maximum atomic E-state index is 3.86. The van der Waals surface area contributed by atoms with Gasteiger partial charge in [-0.15, -0.1) is 11.3 Å². The average molecular weight is 1640 g/mol. The number of hydrogen-bond donors (Lipinski definition) is 2. The van der Waals surface area contributed by atoms with Crippen LogP contribution in [0.1, 0.15) is 0 Å². The summed E-state index contributed by atoms with van der Waals surface area (Å²) in [5.41, 5.74) is 24.5. The Morgan fingerprint density at radius 3 is 1.07 bits per heavy atom. The summed E-state index contributed by atoms with van der Waals surface area (Å²) in [5, 5.41) is 14.6. The van der Waals surface area contributed by atoms with Crippen molar-refractivity contribution in [1.82, 2.24) is 9.13 Å². The van der Waals surface area contributed by atoms with E-state index in [-0.39, 0.29) is 0 Å². The zero-order valence-corrected chi connectivity index (χ0v) is 65.9. The Balaban J connectivity index is 0.000000116. The summed E-state index contributed by atoms with van der Waals surface area (Å²) in [6, 6.07) is 150. The van der Waals surface area contributed by atoms with Crippen LogP contribution in [-0.2, 0) is 0 Å². The number of para-hydroxylation sites is 7. The second kappa shape index (κ2) is 33.1. The zero-order chi connectivity index (χ0) is 74.8. The summed E-state index contributed by atoms with van der Waals surface area (Å²) >= 11 is 12.9. The van der Waals surface area contributed by atoms with Crippen LogP contribution in [0.2, 0.25) is 0 Å². The van der Waals surface area contributed by atoms with Gasteiger partial charge in [-0.3, -0.25) is 0 Å². The van der Waals surface area contributed by atoms with Gasteiger partial charge in [-0.25, -0.2) is 0 Å². The fourth-order valence-corrected chi connectivity index (χ4v) is 17.5. The minimum absolute atomic E-state index is 1.03. The van der Waals surface area contributed by atoms with Gasteiger partial charge in [0, 0.05) is 106 Å². The van der Waals surface area contributed by atoms with Crippen molar-refractivity contribution in [3.63, 3.8) is 0 Å². The normalized spacial score (nSPS) is 11.0. The van der Waals surface area contributed by atoms with E-state index >= 15 is 0 Å². The molecule has 3 heterocycles. The average Bonchev–Trinajstić information content (AvgIpc) is 1.65. The monoisotopic (exact) mass is 1640 g/mol. The summed E-state index contributed by atoms with van der Waals surface area (Å²) in [4.78, 5) is 2.32. The van der Waals surface area contributed by atoms with Crippen molar-refractivity contribution >= 4 is 163 Å². The molecule has 0 bridgehead atoms. The zero-order valence-electron chi connectivity index (χ0n) is 60.3. The van der Waals surface area contributed by atoms with Gasteiger partial charge in [-0.05, 0) is 214 Å². The molecule has 9 heteroatoms. The number of benzene rings is 17. The van der Waals surface area contributed by atoms with Gasteiger partial charge in [0.05, 0.1) is 22.1 Å². The molecule has 0 spiro atoms. The largest absolute Gasteiger partial charge is 0.356 e. The number of halogens is 3. The molecule has 20 aromatic rings. The molecule has 532 valence electrons. The lowest BCUT2D eigenvalue weighted by Gasteiger charge is -2.26. The topological polar surface area (TPSA) is 37.2 Å². The highest BCUT2D eigenvalue weighted by Gasteiger charge is 2.19. The van der Waals surface area contributed by atoms with Gasteiger partial charge >= 0.3 is 0 Å². The maximum Gasteiger partial charge on any atom is 0.0547 e. The Bertz CT molecular complexity index is 6560. The van der Waals surface area contributed by atoms with Crippen LogP contribution in [-0.4, -0.2) is 9.13 Å². The number of fused-ring (bicyclic) bond motifs is 9. The summed E-state index contributed by atoms with van der Waals surface area (Å²) in [7, 11) is 0. The molecular formula is C102H72Br3N5S. The molecule has 5 nitrogen and oxygen atoms in total. The van der Waals surface area contributed by atoms with Crippen molar-refractivity contribution in [2.75, 3.05) is 15.5 Å². The molecule has 0 aliphatic carbocycles. The van der Waals surface area contributed by atoms with E-state index in [1.165, 1.54) is 103 Å². The molecular weight excluding hydrogens is 1570 g/mol. The molecule has 3 aromatic heterocycles. The van der Waals surface area contributed by atoms with Crippen LogP contribution in [0, 0.1) is 0 Å². The summed E-state index contributed by atoms with van der Waals surface area (Å²) in [6.45, 7) is 0. The van der Waals surface area contributed by atoms with Crippen molar-refractivity contribution in [1.29, 1.82) is 0 Å². The van der Waals surface area contributed by atoms with Crippen molar-refractivity contribution < 1.29 is 0 Å². The van der Waals surface area contributed by atoms with Crippen molar-refractivity contribution in [3.8, 4) is 55.9 Å². The van der Waals surface area contributed by atoms with Crippen molar-refractivity contribution in [2.45, 2.75) is 0 Å². The fraction of sp³-hybridized carbons (Fsp3) is 0. The number of hydrogen-bond acceptors (Lipinski definition) is 4. The Kier molecular flexibility index (Phi) is 21.3. The fourth-order valence-electron chi connectivity index (χ4n) is 14.6. The van der Waals surface area contributed by atoms with E-state index in [4.69, 9.17) is 0 Å². The number of nitrogens with zero attached hydrogens (tertiary/aromatic N) is 3. The Morgan fingerprint density at radius 1 is 0.207 bits per heavy atom. The van der Waals surface area contributed by atoms with Crippen LogP contribution >= 0.6 is 59.1 Å². The molecule has 0 radical (unpaired) electrons. The van der Waals surface area contributed by atoms with E-state index in [0.717, 1.165) is 70.0 Å². The highest BCUT2D eigenvalue weighted by atomic mass is 79.9. The summed E-state index contributed by atoms with van der Waals surface area (Å²) in [5.74, 6) is 0. The van der Waals surface area contributed by atoms with Gasteiger partial charge in [0.1, 0.15) is 0 Å². The molecule has 0 saturated carbocycles.